The van der Waals surface area contributed by atoms with Gasteiger partial charge < -0.3 is 9.84 Å². The van der Waals surface area contributed by atoms with E-state index in [2.05, 4.69) is 10.7 Å². The summed E-state index contributed by atoms with van der Waals surface area (Å²) in [5, 5.41) is 15.0. The van der Waals surface area contributed by atoms with Crippen LogP contribution in [0.4, 0.5) is 5.69 Å². The number of aromatic hydroxyl groups is 1. The van der Waals surface area contributed by atoms with E-state index >= 15 is 0 Å². The van der Waals surface area contributed by atoms with E-state index in [1.165, 1.54) is 13.2 Å². The molecule has 2 saturated heterocycles. The molecule has 3 aromatic carbocycles. The van der Waals surface area contributed by atoms with Crippen molar-refractivity contribution in [2.24, 2.45) is 23.7 Å². The van der Waals surface area contributed by atoms with E-state index in [1.807, 2.05) is 55.5 Å². The molecule has 9 nitrogen and oxygen atoms in total. The van der Waals surface area contributed by atoms with Gasteiger partial charge in [-0.05, 0) is 61.6 Å². The molecule has 7 rings (SSSR count). The number of hydrogen-bond donors (Lipinski definition) is 3. The molecule has 4 amide bonds. The number of imide groups is 2. The number of amides is 4. The van der Waals surface area contributed by atoms with Crippen LogP contribution in [0, 0.1) is 30.6 Å². The first kappa shape index (κ1) is 26.9. The van der Waals surface area contributed by atoms with Gasteiger partial charge in [0.15, 0.2) is 0 Å². The van der Waals surface area contributed by atoms with Crippen LogP contribution < -0.4 is 15.5 Å². The first-order valence-corrected chi connectivity index (χ1v) is 14.4. The van der Waals surface area contributed by atoms with Crippen molar-refractivity contribution in [2.75, 3.05) is 12.5 Å². The lowest BCUT2D eigenvalue weighted by Crippen LogP contribution is -2.53. The van der Waals surface area contributed by atoms with Gasteiger partial charge in [-0.15, -0.1) is 0 Å². The molecule has 43 heavy (non-hydrogen) atoms. The van der Waals surface area contributed by atoms with Gasteiger partial charge in [0.1, 0.15) is 11.5 Å². The Morgan fingerprint density at radius 2 is 1.70 bits per heavy atom. The van der Waals surface area contributed by atoms with Crippen LogP contribution in [0.2, 0.25) is 0 Å². The Morgan fingerprint density at radius 3 is 2.42 bits per heavy atom. The van der Waals surface area contributed by atoms with Crippen molar-refractivity contribution in [3.8, 4) is 11.5 Å². The summed E-state index contributed by atoms with van der Waals surface area (Å²) in [6.45, 7) is 1.95. The third-order valence-electron chi connectivity index (χ3n) is 9.78. The van der Waals surface area contributed by atoms with E-state index in [1.54, 1.807) is 24.3 Å². The average molecular weight is 578 g/mol. The number of aryl methyl sites for hydroxylation is 1. The van der Waals surface area contributed by atoms with Gasteiger partial charge >= 0.3 is 0 Å². The van der Waals surface area contributed by atoms with Crippen molar-refractivity contribution in [3.05, 3.63) is 101 Å². The molecule has 2 aliphatic carbocycles. The molecule has 3 fully saturated rings. The molecular formula is C34H31N3O6. The maximum Gasteiger partial charge on any atom is 0.260 e. The number of carbonyl (C=O) groups excluding carboxylic acids is 4. The van der Waals surface area contributed by atoms with E-state index in [4.69, 9.17) is 4.74 Å². The normalized spacial score (nSPS) is 29.4. The number of nitrogens with one attached hydrogen (secondary N) is 2. The van der Waals surface area contributed by atoms with Gasteiger partial charge in [0.25, 0.3) is 11.8 Å². The average Bonchev–Trinajstić information content (AvgIpc) is 3.43. The summed E-state index contributed by atoms with van der Waals surface area (Å²) < 4.78 is 5.53. The Bertz CT molecular complexity index is 1700. The van der Waals surface area contributed by atoms with Crippen LogP contribution in [0.1, 0.15) is 35.4 Å². The van der Waals surface area contributed by atoms with Crippen LogP contribution in [0.5, 0.6) is 11.5 Å². The highest BCUT2D eigenvalue weighted by Gasteiger charge is 2.70. The van der Waals surface area contributed by atoms with E-state index in [-0.39, 0.29) is 24.0 Å². The maximum absolute atomic E-state index is 15.0. The number of allylic oxidation sites excluding steroid dienone is 2. The maximum atomic E-state index is 15.0. The molecule has 0 bridgehead atoms. The first-order valence-electron chi connectivity index (χ1n) is 14.4. The molecule has 6 atom stereocenters. The topological polar surface area (TPSA) is 125 Å². The standard InChI is InChI=1S/C34H31N3O6/c1-18-8-10-20(11-9-18)36-37-32(41)26-17-24-22(13-14-23-28(24)31(40)35-30(23)39)29(25-16-21(43-2)12-15-27(25)38)34(26,33(37)42)19-6-4-3-5-7-19/h3-13,15-16,23-24,26,28-29,36,38H,14,17H2,1-2H3,(H,35,39,40)/t23-,24+,26-,28-,29+,34+/m0/s1. The Kier molecular flexibility index (Phi) is 6.16. The second-order valence-corrected chi connectivity index (χ2v) is 11.9. The number of rotatable bonds is 5. The van der Waals surface area contributed by atoms with E-state index < -0.39 is 46.8 Å². The number of phenols is 1. The van der Waals surface area contributed by atoms with Gasteiger partial charge in [0, 0.05) is 11.5 Å². The fourth-order valence-electron chi connectivity index (χ4n) is 7.89. The summed E-state index contributed by atoms with van der Waals surface area (Å²) in [4.78, 5) is 55.4. The number of carbonyl (C=O) groups is 4. The van der Waals surface area contributed by atoms with Crippen LogP contribution >= 0.6 is 0 Å². The summed E-state index contributed by atoms with van der Waals surface area (Å²) in [5.41, 5.74) is 5.05. The minimum Gasteiger partial charge on any atom is -0.508 e. The predicted octanol–water partition coefficient (Wildman–Crippen LogP) is 3.98. The van der Waals surface area contributed by atoms with Crippen LogP contribution in [0.25, 0.3) is 0 Å². The van der Waals surface area contributed by atoms with Crippen LogP contribution in [0.15, 0.2) is 84.4 Å². The molecule has 0 spiro atoms. The second-order valence-electron chi connectivity index (χ2n) is 11.9. The lowest BCUT2D eigenvalue weighted by Gasteiger charge is -2.50. The Balaban J connectivity index is 1.48. The first-order chi connectivity index (χ1) is 20.7. The zero-order chi connectivity index (χ0) is 30.0. The van der Waals surface area contributed by atoms with Crippen LogP contribution in [-0.2, 0) is 24.6 Å². The van der Waals surface area contributed by atoms with Crippen molar-refractivity contribution in [1.29, 1.82) is 0 Å². The number of methoxy groups -OCH3 is 1. The van der Waals surface area contributed by atoms with Crippen molar-refractivity contribution in [3.63, 3.8) is 0 Å². The molecule has 2 heterocycles. The van der Waals surface area contributed by atoms with Crippen molar-refractivity contribution in [1.82, 2.24) is 10.3 Å². The zero-order valence-electron chi connectivity index (χ0n) is 23.7. The largest absolute Gasteiger partial charge is 0.508 e. The van der Waals surface area contributed by atoms with Crippen molar-refractivity contribution in [2.45, 2.75) is 31.1 Å². The molecule has 1 saturated carbocycles. The van der Waals surface area contributed by atoms with Crippen molar-refractivity contribution >= 4 is 29.3 Å². The third-order valence-corrected chi connectivity index (χ3v) is 9.78. The molecule has 0 unspecified atom stereocenters. The molecule has 3 N–H and O–H groups in total. The van der Waals surface area contributed by atoms with E-state index in [0.29, 0.717) is 29.0 Å². The predicted molar refractivity (Wildman–Crippen MR) is 157 cm³/mol. The zero-order valence-corrected chi connectivity index (χ0v) is 23.7. The highest BCUT2D eigenvalue weighted by Crippen LogP contribution is 2.64. The lowest BCUT2D eigenvalue weighted by atomic mass is 9.49. The number of ether oxygens (including phenoxy) is 1. The quantitative estimate of drug-likeness (QED) is 0.310. The summed E-state index contributed by atoms with van der Waals surface area (Å²) in [5.74, 6) is -4.54. The van der Waals surface area contributed by atoms with E-state index in [9.17, 15) is 24.3 Å². The van der Waals surface area contributed by atoms with E-state index in [0.717, 1.165) is 16.1 Å². The van der Waals surface area contributed by atoms with Crippen molar-refractivity contribution < 1.29 is 29.0 Å². The summed E-state index contributed by atoms with van der Waals surface area (Å²) in [6, 6.07) is 21.4. The highest BCUT2D eigenvalue weighted by molar-refractivity contribution is 6.13. The molecule has 0 radical (unpaired) electrons. The van der Waals surface area contributed by atoms with Gasteiger partial charge in [-0.25, -0.2) is 0 Å². The fraction of sp³-hybridized carbons (Fsp3) is 0.294. The number of benzene rings is 3. The molecule has 9 heteroatoms. The number of anilines is 1. The second kappa shape index (κ2) is 9.83. The summed E-state index contributed by atoms with van der Waals surface area (Å²) >= 11 is 0. The summed E-state index contributed by atoms with van der Waals surface area (Å²) in [6.07, 6.45) is 2.46. The molecule has 2 aliphatic heterocycles. The minimum atomic E-state index is -1.45. The van der Waals surface area contributed by atoms with Gasteiger partial charge in [0.05, 0.1) is 36.0 Å². The lowest BCUT2D eigenvalue weighted by molar-refractivity contribution is -0.138. The minimum absolute atomic E-state index is 0.0549. The molecular weight excluding hydrogens is 546 g/mol. The molecule has 4 aliphatic rings. The van der Waals surface area contributed by atoms with Gasteiger partial charge in [-0.3, -0.25) is 29.9 Å². The molecule has 3 aromatic rings. The summed E-state index contributed by atoms with van der Waals surface area (Å²) in [7, 11) is 1.52. The number of hydrogen-bond acceptors (Lipinski definition) is 7. The highest BCUT2D eigenvalue weighted by atomic mass is 16.5. The third kappa shape index (κ3) is 3.84. The Hall–Kier alpha value is -4.92. The number of phenolic OH excluding ortho intramolecular Hbond substituents is 1. The monoisotopic (exact) mass is 577 g/mol. The number of fused-ring (bicyclic) bond motifs is 4. The van der Waals surface area contributed by atoms with Gasteiger partial charge in [0.2, 0.25) is 11.8 Å². The molecule has 0 aromatic heterocycles. The smallest absolute Gasteiger partial charge is 0.260 e. The Morgan fingerprint density at radius 1 is 0.953 bits per heavy atom. The Labute approximate surface area is 248 Å². The number of nitrogens with zero attached hydrogens (tertiary/aromatic N) is 1. The van der Waals surface area contributed by atoms with Crippen LogP contribution in [0.3, 0.4) is 0 Å². The number of hydrazine groups is 1. The van der Waals surface area contributed by atoms with Gasteiger partial charge in [-0.2, -0.15) is 5.01 Å². The molecule has 218 valence electrons. The SMILES string of the molecule is COc1ccc(O)c([C@H]2C3=CC[C@@H]4C(=O)NC(=O)[C@@H]4[C@@H]3C[C@H]3C(=O)N(Nc4ccc(C)cc4)C(=O)[C@@]23c2ccccc2)c1. The van der Waals surface area contributed by atoms with Crippen LogP contribution in [-0.4, -0.2) is 40.9 Å². The fourth-order valence-corrected chi connectivity index (χ4v) is 7.89. The van der Waals surface area contributed by atoms with Gasteiger partial charge in [-0.1, -0.05) is 59.7 Å².